The van der Waals surface area contributed by atoms with Crippen LogP contribution in [0.15, 0.2) is 18.3 Å². The molecule has 0 bridgehead atoms. The van der Waals surface area contributed by atoms with E-state index in [1.54, 1.807) is 13.8 Å². The molecular formula is C12H12N4O4. The highest BCUT2D eigenvalue weighted by molar-refractivity contribution is 5.71. The quantitative estimate of drug-likeness (QED) is 0.667. The molecule has 104 valence electrons. The molecule has 20 heavy (non-hydrogen) atoms. The molecule has 0 fully saturated rings. The topological polar surface area (TPSA) is 111 Å². The summed E-state index contributed by atoms with van der Waals surface area (Å²) >= 11 is 0. The van der Waals surface area contributed by atoms with Crippen LogP contribution in [0.3, 0.4) is 0 Å². The van der Waals surface area contributed by atoms with Crippen molar-refractivity contribution in [3.05, 3.63) is 45.4 Å². The summed E-state index contributed by atoms with van der Waals surface area (Å²) in [7, 11) is 0. The van der Waals surface area contributed by atoms with Gasteiger partial charge in [0.25, 0.3) is 0 Å². The molecule has 0 amide bonds. The highest BCUT2D eigenvalue weighted by atomic mass is 16.6. The number of carboxylic acids is 1. The average Bonchev–Trinajstić information content (AvgIpc) is 2.66. The first-order chi connectivity index (χ1) is 9.41. The van der Waals surface area contributed by atoms with Crippen molar-refractivity contribution in [3.63, 3.8) is 0 Å². The smallest absolute Gasteiger partial charge is 0.313 e. The number of aromatic nitrogens is 3. The lowest BCUT2D eigenvalue weighted by atomic mass is 10.1. The van der Waals surface area contributed by atoms with Gasteiger partial charge in [0.15, 0.2) is 0 Å². The molecule has 2 heterocycles. The van der Waals surface area contributed by atoms with Gasteiger partial charge >= 0.3 is 11.7 Å². The first-order valence-corrected chi connectivity index (χ1v) is 5.78. The van der Waals surface area contributed by atoms with Gasteiger partial charge in [-0.3, -0.25) is 14.9 Å². The number of nitrogens with zero attached hydrogens (tertiary/aromatic N) is 4. The van der Waals surface area contributed by atoms with Crippen molar-refractivity contribution < 1.29 is 14.8 Å². The molecule has 1 N–H and O–H groups in total. The summed E-state index contributed by atoms with van der Waals surface area (Å²) in [5.41, 5.74) is 1.41. The minimum Gasteiger partial charge on any atom is -0.481 e. The number of hydrogen-bond acceptors (Lipinski definition) is 5. The summed E-state index contributed by atoms with van der Waals surface area (Å²) in [6.07, 6.45) is 1.24. The van der Waals surface area contributed by atoms with Gasteiger partial charge in [-0.15, -0.1) is 0 Å². The molecule has 0 aliphatic rings. The fourth-order valence-electron chi connectivity index (χ4n) is 1.98. The van der Waals surface area contributed by atoms with Crippen molar-refractivity contribution in [2.75, 3.05) is 0 Å². The average molecular weight is 276 g/mol. The third-order valence-electron chi connectivity index (χ3n) is 2.93. The lowest BCUT2D eigenvalue weighted by Gasteiger charge is -2.04. The highest BCUT2D eigenvalue weighted by Gasteiger charge is 2.22. The van der Waals surface area contributed by atoms with Crippen LogP contribution in [0.4, 0.5) is 5.69 Å². The van der Waals surface area contributed by atoms with E-state index in [0.29, 0.717) is 17.0 Å². The van der Waals surface area contributed by atoms with Gasteiger partial charge in [-0.2, -0.15) is 5.10 Å². The van der Waals surface area contributed by atoms with E-state index in [4.69, 9.17) is 5.11 Å². The van der Waals surface area contributed by atoms with Crippen molar-refractivity contribution in [2.24, 2.45) is 0 Å². The van der Waals surface area contributed by atoms with Crippen molar-refractivity contribution in [3.8, 4) is 5.82 Å². The van der Waals surface area contributed by atoms with Gasteiger partial charge in [-0.1, -0.05) is 0 Å². The number of pyridine rings is 1. The fraction of sp³-hybridized carbons (Fsp3) is 0.250. The summed E-state index contributed by atoms with van der Waals surface area (Å²) in [6, 6.07) is 2.79. The Kier molecular flexibility index (Phi) is 3.47. The molecule has 0 atom stereocenters. The number of carboxylic acid groups (broad SMARTS) is 1. The van der Waals surface area contributed by atoms with Crippen LogP contribution in [0.2, 0.25) is 0 Å². The molecule has 0 saturated carbocycles. The second kappa shape index (κ2) is 5.08. The number of carbonyl (C=O) groups is 1. The Balaban J connectivity index is 2.60. The minimum atomic E-state index is -0.980. The summed E-state index contributed by atoms with van der Waals surface area (Å²) in [6.45, 7) is 3.33. The van der Waals surface area contributed by atoms with Crippen LogP contribution in [-0.4, -0.2) is 30.8 Å². The number of aliphatic carboxylic acids is 1. The molecule has 0 aromatic carbocycles. The van der Waals surface area contributed by atoms with Gasteiger partial charge < -0.3 is 5.11 Å². The molecule has 0 aliphatic heterocycles. The number of rotatable bonds is 4. The predicted octanol–water partition coefficient (Wildman–Crippen LogP) is 1.42. The van der Waals surface area contributed by atoms with Gasteiger partial charge in [0.1, 0.15) is 0 Å². The van der Waals surface area contributed by atoms with Gasteiger partial charge in [0.05, 0.1) is 17.0 Å². The summed E-state index contributed by atoms with van der Waals surface area (Å²) < 4.78 is 1.31. The fourth-order valence-corrected chi connectivity index (χ4v) is 1.98. The van der Waals surface area contributed by atoms with E-state index in [-0.39, 0.29) is 17.9 Å². The second-order valence-corrected chi connectivity index (χ2v) is 4.23. The third kappa shape index (κ3) is 2.35. The van der Waals surface area contributed by atoms with Crippen LogP contribution in [0.5, 0.6) is 0 Å². The first kappa shape index (κ1) is 13.7. The summed E-state index contributed by atoms with van der Waals surface area (Å²) in [5.74, 6) is -0.902. The van der Waals surface area contributed by atoms with Gasteiger partial charge in [-0.05, 0) is 19.9 Å². The Morgan fingerprint density at radius 3 is 2.80 bits per heavy atom. The highest BCUT2D eigenvalue weighted by Crippen LogP contribution is 2.23. The molecule has 0 spiro atoms. The van der Waals surface area contributed by atoms with Crippen molar-refractivity contribution >= 4 is 11.7 Å². The van der Waals surface area contributed by atoms with E-state index in [2.05, 4.69) is 10.1 Å². The largest absolute Gasteiger partial charge is 0.481 e. The number of hydrogen-bond donors (Lipinski definition) is 1. The maximum absolute atomic E-state index is 11.0. The van der Waals surface area contributed by atoms with E-state index in [1.165, 1.54) is 23.0 Å². The monoisotopic (exact) mass is 276 g/mol. The molecule has 0 aliphatic carbocycles. The Morgan fingerprint density at radius 2 is 2.20 bits per heavy atom. The Hall–Kier alpha value is -2.77. The van der Waals surface area contributed by atoms with Crippen LogP contribution in [0.1, 0.15) is 17.0 Å². The first-order valence-electron chi connectivity index (χ1n) is 5.78. The molecule has 0 saturated heterocycles. The molecule has 8 heteroatoms. The lowest BCUT2D eigenvalue weighted by Crippen LogP contribution is -2.07. The van der Waals surface area contributed by atoms with Crippen LogP contribution in [0.25, 0.3) is 5.82 Å². The zero-order chi connectivity index (χ0) is 14.9. The molecule has 8 nitrogen and oxygen atoms in total. The van der Waals surface area contributed by atoms with Gasteiger partial charge in [0, 0.05) is 23.5 Å². The van der Waals surface area contributed by atoms with Crippen LogP contribution >= 0.6 is 0 Å². The van der Waals surface area contributed by atoms with Gasteiger partial charge in [-0.25, -0.2) is 9.67 Å². The summed E-state index contributed by atoms with van der Waals surface area (Å²) in [5, 5.41) is 24.0. The minimum absolute atomic E-state index is 0.0785. The SMILES string of the molecule is Cc1nn(-c2ncccc2[N+](=O)[O-])c(C)c1CC(=O)O. The van der Waals surface area contributed by atoms with Crippen LogP contribution < -0.4 is 0 Å². The lowest BCUT2D eigenvalue weighted by molar-refractivity contribution is -0.384. The molecule has 2 rings (SSSR count). The van der Waals surface area contributed by atoms with E-state index in [9.17, 15) is 14.9 Å². The second-order valence-electron chi connectivity index (χ2n) is 4.23. The Labute approximate surface area is 113 Å². The standard InChI is InChI=1S/C12H12N4O4/c1-7-9(6-11(17)18)8(2)15(14-7)12-10(16(19)20)4-3-5-13-12/h3-5H,6H2,1-2H3,(H,17,18). The molecular weight excluding hydrogens is 264 g/mol. The third-order valence-corrected chi connectivity index (χ3v) is 2.93. The van der Waals surface area contributed by atoms with Crippen molar-refractivity contribution in [1.29, 1.82) is 0 Å². The van der Waals surface area contributed by atoms with Crippen molar-refractivity contribution in [1.82, 2.24) is 14.8 Å². The van der Waals surface area contributed by atoms with E-state index < -0.39 is 10.9 Å². The molecule has 2 aromatic rings. The van der Waals surface area contributed by atoms with Crippen LogP contribution in [0, 0.1) is 24.0 Å². The molecule has 2 aromatic heterocycles. The maximum Gasteiger partial charge on any atom is 0.313 e. The summed E-state index contributed by atoms with van der Waals surface area (Å²) in [4.78, 5) is 25.3. The molecule has 0 radical (unpaired) electrons. The van der Waals surface area contributed by atoms with Gasteiger partial charge in [0.2, 0.25) is 5.82 Å². The zero-order valence-corrected chi connectivity index (χ0v) is 10.9. The Morgan fingerprint density at radius 1 is 1.50 bits per heavy atom. The van der Waals surface area contributed by atoms with E-state index >= 15 is 0 Å². The van der Waals surface area contributed by atoms with E-state index in [0.717, 1.165) is 0 Å². The van der Waals surface area contributed by atoms with E-state index in [1.807, 2.05) is 0 Å². The number of nitro groups is 1. The van der Waals surface area contributed by atoms with Crippen LogP contribution in [-0.2, 0) is 11.2 Å². The number of aryl methyl sites for hydroxylation is 1. The predicted molar refractivity (Wildman–Crippen MR) is 68.8 cm³/mol. The zero-order valence-electron chi connectivity index (χ0n) is 10.9. The normalized spacial score (nSPS) is 10.5. The Bertz CT molecular complexity index is 693. The van der Waals surface area contributed by atoms with Crippen molar-refractivity contribution in [2.45, 2.75) is 20.3 Å². The maximum atomic E-state index is 11.0. The molecule has 0 unspecified atom stereocenters.